The first kappa shape index (κ1) is 12.3. The summed E-state index contributed by atoms with van der Waals surface area (Å²) in [6.07, 6.45) is 0. The highest BCUT2D eigenvalue weighted by molar-refractivity contribution is 5.24. The SMILES string of the molecule is CC(C)c1ccc(CN(C)C(C)C)cc1. The third-order valence-corrected chi connectivity index (χ3v) is 2.96. The van der Waals surface area contributed by atoms with Crippen LogP contribution in [0.25, 0.3) is 0 Å². The maximum absolute atomic E-state index is 2.35. The predicted octanol–water partition coefficient (Wildman–Crippen LogP) is 3.65. The van der Waals surface area contributed by atoms with Crippen LogP contribution in [0.3, 0.4) is 0 Å². The first-order valence-corrected chi connectivity index (χ1v) is 5.79. The highest BCUT2D eigenvalue weighted by Gasteiger charge is 2.04. The zero-order chi connectivity index (χ0) is 11.4. The highest BCUT2D eigenvalue weighted by atomic mass is 15.1. The smallest absolute Gasteiger partial charge is 0.0233 e. The van der Waals surface area contributed by atoms with Crippen LogP contribution in [-0.2, 0) is 6.54 Å². The molecule has 0 saturated carbocycles. The molecule has 0 aliphatic heterocycles. The monoisotopic (exact) mass is 205 g/mol. The lowest BCUT2D eigenvalue weighted by Crippen LogP contribution is -2.25. The van der Waals surface area contributed by atoms with Crippen LogP contribution >= 0.6 is 0 Å². The molecule has 1 heteroatoms. The standard InChI is InChI=1S/C14H23N/c1-11(2)14-8-6-13(7-9-14)10-15(5)12(3)4/h6-9,11-12H,10H2,1-5H3. The van der Waals surface area contributed by atoms with Gasteiger partial charge in [0.2, 0.25) is 0 Å². The van der Waals surface area contributed by atoms with E-state index in [2.05, 4.69) is 63.9 Å². The third kappa shape index (κ3) is 3.67. The van der Waals surface area contributed by atoms with E-state index in [9.17, 15) is 0 Å². The summed E-state index contributed by atoms with van der Waals surface area (Å²) < 4.78 is 0. The minimum absolute atomic E-state index is 0.606. The molecule has 0 saturated heterocycles. The molecule has 1 aromatic rings. The van der Waals surface area contributed by atoms with Crippen molar-refractivity contribution >= 4 is 0 Å². The molecule has 0 aromatic heterocycles. The summed E-state index contributed by atoms with van der Waals surface area (Å²) in [5.41, 5.74) is 2.82. The molecule has 0 amide bonds. The van der Waals surface area contributed by atoms with Crippen molar-refractivity contribution in [2.24, 2.45) is 0 Å². The molecule has 1 aromatic carbocycles. The second-order valence-electron chi connectivity index (χ2n) is 4.91. The van der Waals surface area contributed by atoms with E-state index in [1.807, 2.05) is 0 Å². The molecule has 0 unspecified atom stereocenters. The Labute approximate surface area is 94.1 Å². The van der Waals surface area contributed by atoms with Crippen molar-refractivity contribution in [1.82, 2.24) is 4.90 Å². The Morgan fingerprint density at radius 3 is 1.93 bits per heavy atom. The number of hydrogen-bond acceptors (Lipinski definition) is 1. The van der Waals surface area contributed by atoms with E-state index in [0.717, 1.165) is 6.54 Å². The molecular weight excluding hydrogens is 182 g/mol. The Morgan fingerprint density at radius 1 is 1.00 bits per heavy atom. The minimum atomic E-state index is 0.606. The van der Waals surface area contributed by atoms with Gasteiger partial charge in [-0.3, -0.25) is 4.90 Å². The fraction of sp³-hybridized carbons (Fsp3) is 0.571. The topological polar surface area (TPSA) is 3.24 Å². The van der Waals surface area contributed by atoms with Gasteiger partial charge in [-0.2, -0.15) is 0 Å². The van der Waals surface area contributed by atoms with Gasteiger partial charge in [0.1, 0.15) is 0 Å². The van der Waals surface area contributed by atoms with Crippen molar-refractivity contribution in [2.75, 3.05) is 7.05 Å². The van der Waals surface area contributed by atoms with Crippen LogP contribution in [0.4, 0.5) is 0 Å². The van der Waals surface area contributed by atoms with Crippen molar-refractivity contribution < 1.29 is 0 Å². The van der Waals surface area contributed by atoms with E-state index in [1.54, 1.807) is 0 Å². The summed E-state index contributed by atoms with van der Waals surface area (Å²) in [7, 11) is 2.17. The fourth-order valence-electron chi connectivity index (χ4n) is 1.48. The van der Waals surface area contributed by atoms with Gasteiger partial charge in [-0.05, 0) is 37.9 Å². The Hall–Kier alpha value is -0.820. The second kappa shape index (κ2) is 5.32. The van der Waals surface area contributed by atoms with Gasteiger partial charge in [0.15, 0.2) is 0 Å². The third-order valence-electron chi connectivity index (χ3n) is 2.96. The van der Waals surface area contributed by atoms with E-state index in [1.165, 1.54) is 11.1 Å². The Kier molecular flexibility index (Phi) is 4.34. The van der Waals surface area contributed by atoms with Gasteiger partial charge in [-0.15, -0.1) is 0 Å². The molecule has 0 atom stereocenters. The van der Waals surface area contributed by atoms with Crippen molar-refractivity contribution in [3.8, 4) is 0 Å². The summed E-state index contributed by atoms with van der Waals surface area (Å²) in [4.78, 5) is 2.35. The van der Waals surface area contributed by atoms with Gasteiger partial charge in [-0.1, -0.05) is 38.1 Å². The second-order valence-corrected chi connectivity index (χ2v) is 4.91. The lowest BCUT2D eigenvalue weighted by Gasteiger charge is -2.21. The van der Waals surface area contributed by atoms with Gasteiger partial charge < -0.3 is 0 Å². The molecule has 15 heavy (non-hydrogen) atoms. The van der Waals surface area contributed by atoms with E-state index in [4.69, 9.17) is 0 Å². The van der Waals surface area contributed by atoms with Gasteiger partial charge in [0.25, 0.3) is 0 Å². The molecule has 1 rings (SSSR count). The first-order valence-electron chi connectivity index (χ1n) is 5.79. The van der Waals surface area contributed by atoms with Crippen LogP contribution in [0, 0.1) is 0 Å². The fourth-order valence-corrected chi connectivity index (χ4v) is 1.48. The maximum Gasteiger partial charge on any atom is 0.0233 e. The summed E-state index contributed by atoms with van der Waals surface area (Å²) in [6, 6.07) is 9.58. The maximum atomic E-state index is 2.35. The lowest BCUT2D eigenvalue weighted by atomic mass is 10.0. The molecule has 0 fully saturated rings. The molecule has 0 heterocycles. The lowest BCUT2D eigenvalue weighted by molar-refractivity contribution is 0.266. The Bertz CT molecular complexity index is 285. The zero-order valence-electron chi connectivity index (χ0n) is 10.6. The molecule has 84 valence electrons. The molecule has 0 spiro atoms. The number of hydrogen-bond donors (Lipinski definition) is 0. The van der Waals surface area contributed by atoms with Crippen molar-refractivity contribution in [3.63, 3.8) is 0 Å². The number of nitrogens with zero attached hydrogens (tertiary/aromatic N) is 1. The average molecular weight is 205 g/mol. The molecular formula is C14H23N. The van der Waals surface area contributed by atoms with Crippen LogP contribution in [-0.4, -0.2) is 18.0 Å². The zero-order valence-corrected chi connectivity index (χ0v) is 10.6. The van der Waals surface area contributed by atoms with E-state index in [0.29, 0.717) is 12.0 Å². The van der Waals surface area contributed by atoms with Crippen LogP contribution in [0.5, 0.6) is 0 Å². The molecule has 0 radical (unpaired) electrons. The summed E-state index contributed by atoms with van der Waals surface area (Å²) in [6.45, 7) is 9.95. The van der Waals surface area contributed by atoms with Gasteiger partial charge in [0.05, 0.1) is 0 Å². The number of rotatable bonds is 4. The van der Waals surface area contributed by atoms with Crippen LogP contribution in [0.1, 0.15) is 44.7 Å². The molecule has 0 aliphatic rings. The predicted molar refractivity (Wildman–Crippen MR) is 67.1 cm³/mol. The van der Waals surface area contributed by atoms with Crippen LogP contribution in [0.15, 0.2) is 24.3 Å². The largest absolute Gasteiger partial charge is 0.300 e. The van der Waals surface area contributed by atoms with Crippen molar-refractivity contribution in [1.29, 1.82) is 0 Å². The summed E-state index contributed by atoms with van der Waals surface area (Å²) >= 11 is 0. The average Bonchev–Trinajstić information content (AvgIpc) is 2.18. The van der Waals surface area contributed by atoms with Gasteiger partial charge in [-0.25, -0.2) is 0 Å². The van der Waals surface area contributed by atoms with Gasteiger partial charge >= 0.3 is 0 Å². The van der Waals surface area contributed by atoms with Crippen LogP contribution in [0.2, 0.25) is 0 Å². The quantitative estimate of drug-likeness (QED) is 0.725. The van der Waals surface area contributed by atoms with Crippen molar-refractivity contribution in [2.45, 2.75) is 46.2 Å². The Balaban J connectivity index is 2.64. The summed E-state index contributed by atoms with van der Waals surface area (Å²) in [5.74, 6) is 0.627. The number of benzene rings is 1. The molecule has 1 nitrogen and oxygen atoms in total. The van der Waals surface area contributed by atoms with E-state index >= 15 is 0 Å². The summed E-state index contributed by atoms with van der Waals surface area (Å²) in [5, 5.41) is 0. The van der Waals surface area contributed by atoms with E-state index in [-0.39, 0.29) is 0 Å². The molecule has 0 aliphatic carbocycles. The van der Waals surface area contributed by atoms with Crippen molar-refractivity contribution in [3.05, 3.63) is 35.4 Å². The normalized spacial score (nSPS) is 11.7. The minimum Gasteiger partial charge on any atom is -0.300 e. The van der Waals surface area contributed by atoms with Gasteiger partial charge in [0, 0.05) is 12.6 Å². The molecule has 0 bridgehead atoms. The highest BCUT2D eigenvalue weighted by Crippen LogP contribution is 2.15. The first-order chi connectivity index (χ1) is 7.00. The van der Waals surface area contributed by atoms with E-state index < -0.39 is 0 Å². The molecule has 0 N–H and O–H groups in total. The van der Waals surface area contributed by atoms with Crippen LogP contribution < -0.4 is 0 Å². The Morgan fingerprint density at radius 2 is 1.53 bits per heavy atom.